The van der Waals surface area contributed by atoms with E-state index >= 15 is 0 Å². The summed E-state index contributed by atoms with van der Waals surface area (Å²) in [6.45, 7) is 9.12. The van der Waals surface area contributed by atoms with Gasteiger partial charge in [-0.1, -0.05) is 36.4 Å². The van der Waals surface area contributed by atoms with Gasteiger partial charge >= 0.3 is 33.0 Å². The van der Waals surface area contributed by atoms with Crippen molar-refractivity contribution in [3.05, 3.63) is 58.7 Å². The van der Waals surface area contributed by atoms with Crippen molar-refractivity contribution in [2.45, 2.75) is 27.7 Å². The molecule has 0 N–H and O–H groups in total. The average molecular weight is 452 g/mol. The zero-order chi connectivity index (χ0) is 19.8. The molecule has 0 atom stereocenters. The summed E-state index contributed by atoms with van der Waals surface area (Å²) in [6.07, 6.45) is 0. The van der Waals surface area contributed by atoms with Crippen LogP contribution in [0.2, 0.25) is 0 Å². The van der Waals surface area contributed by atoms with E-state index in [0.29, 0.717) is 37.7 Å². The van der Waals surface area contributed by atoms with Crippen molar-refractivity contribution >= 4 is 43.6 Å². The number of hydrogen-bond acceptors (Lipinski definition) is 4. The Kier molecular flexibility index (Phi) is 8.62. The number of ether oxygens (including phenoxy) is 2. The summed E-state index contributed by atoms with van der Waals surface area (Å²) in [5, 5.41) is 0. The van der Waals surface area contributed by atoms with E-state index in [4.69, 9.17) is 39.8 Å². The normalized spacial score (nSPS) is 16.5. The first-order valence-electron chi connectivity index (χ1n) is 8.36. The molecule has 1 heterocycles. The second kappa shape index (κ2) is 10.7. The molecule has 1 aliphatic rings. The molecular formula is C20H22Cl2N2NiO2. The maximum absolute atomic E-state index is 5.75. The molecule has 0 aromatic heterocycles. The number of aliphatic imine (C=N–C) groups is 2. The Hall–Kier alpha value is -1.55. The number of para-hydroxylation sites is 2. The monoisotopic (exact) mass is 450 g/mol. The van der Waals surface area contributed by atoms with Crippen LogP contribution in [0, 0.1) is 27.7 Å². The number of hydrogen-bond donors (Lipinski definition) is 0. The van der Waals surface area contributed by atoms with Gasteiger partial charge in [0.2, 0.25) is 0 Å². The van der Waals surface area contributed by atoms with Gasteiger partial charge in [0.1, 0.15) is 13.2 Å². The molecule has 3 rings (SSSR count). The van der Waals surface area contributed by atoms with Crippen LogP contribution in [-0.2, 0) is 22.1 Å². The topological polar surface area (TPSA) is 43.2 Å². The Bertz CT molecular complexity index is 744. The van der Waals surface area contributed by atoms with Gasteiger partial charge in [0, 0.05) is 0 Å². The SMILES string of the molecule is Cc1cccc(C)c1N=C1OCCOC1=Nc1c(C)cccc1C.[Cl][Ni][Cl]. The predicted octanol–water partition coefficient (Wildman–Crippen LogP) is 6.10. The van der Waals surface area contributed by atoms with Crippen LogP contribution in [0.1, 0.15) is 22.3 Å². The zero-order valence-corrected chi connectivity index (χ0v) is 18.2. The molecular weight excluding hydrogens is 430 g/mol. The fraction of sp³-hybridized carbons (Fsp3) is 0.300. The molecule has 0 amide bonds. The molecule has 148 valence electrons. The van der Waals surface area contributed by atoms with Crippen molar-refractivity contribution in [1.29, 1.82) is 0 Å². The van der Waals surface area contributed by atoms with Crippen molar-refractivity contribution in [2.24, 2.45) is 9.98 Å². The third kappa shape index (κ3) is 5.97. The summed E-state index contributed by atoms with van der Waals surface area (Å²) in [5.41, 5.74) is 6.22. The fourth-order valence-corrected chi connectivity index (χ4v) is 2.73. The van der Waals surface area contributed by atoms with Gasteiger partial charge in [-0.05, 0) is 49.9 Å². The molecule has 0 saturated carbocycles. The number of nitrogens with zero attached hydrogens (tertiary/aromatic N) is 2. The third-order valence-corrected chi connectivity index (χ3v) is 4.05. The Morgan fingerprint density at radius 1 is 0.704 bits per heavy atom. The van der Waals surface area contributed by atoms with Crippen molar-refractivity contribution < 1.29 is 22.1 Å². The number of halogens is 2. The molecule has 0 radical (unpaired) electrons. The Labute approximate surface area is 175 Å². The molecule has 27 heavy (non-hydrogen) atoms. The fourth-order valence-electron chi connectivity index (χ4n) is 2.73. The molecule has 4 nitrogen and oxygen atoms in total. The molecule has 0 bridgehead atoms. The van der Waals surface area contributed by atoms with Crippen LogP contribution in [0.15, 0.2) is 46.4 Å². The van der Waals surface area contributed by atoms with Crippen LogP contribution in [-0.4, -0.2) is 25.0 Å². The third-order valence-electron chi connectivity index (χ3n) is 4.05. The van der Waals surface area contributed by atoms with Gasteiger partial charge < -0.3 is 9.47 Å². The molecule has 1 fully saturated rings. The van der Waals surface area contributed by atoms with Crippen LogP contribution < -0.4 is 0 Å². The molecule has 0 spiro atoms. The van der Waals surface area contributed by atoms with Gasteiger partial charge in [0.05, 0.1) is 11.4 Å². The Balaban J connectivity index is 0.000000817. The first-order chi connectivity index (χ1) is 13.0. The summed E-state index contributed by atoms with van der Waals surface area (Å²) >= 11 is 0.569. The van der Waals surface area contributed by atoms with Crippen molar-refractivity contribution in [1.82, 2.24) is 0 Å². The maximum atomic E-state index is 5.75. The van der Waals surface area contributed by atoms with E-state index in [1.807, 2.05) is 64.1 Å². The van der Waals surface area contributed by atoms with Crippen molar-refractivity contribution in [2.75, 3.05) is 13.2 Å². The first kappa shape index (κ1) is 21.8. The molecule has 1 aliphatic heterocycles. The van der Waals surface area contributed by atoms with Crippen molar-refractivity contribution in [3.63, 3.8) is 0 Å². The molecule has 2 aromatic rings. The standard InChI is InChI=1S/C20H22N2O2.2ClH.Ni/c1-13-7-5-8-14(2)17(13)21-19-20(24-12-11-23-19)22-18-15(3)9-6-10-16(18)4;;;/h5-10H,11-12H2,1-4H3;2*1H;/q;;;+2/p-2. The zero-order valence-electron chi connectivity index (χ0n) is 15.7. The van der Waals surface area contributed by atoms with E-state index < -0.39 is 0 Å². The summed E-state index contributed by atoms with van der Waals surface area (Å²) in [4.78, 5) is 9.39. The quantitative estimate of drug-likeness (QED) is 0.517. The van der Waals surface area contributed by atoms with E-state index in [0.717, 1.165) is 33.6 Å². The summed E-state index contributed by atoms with van der Waals surface area (Å²) < 4.78 is 11.5. The van der Waals surface area contributed by atoms with Gasteiger partial charge in [-0.2, -0.15) is 0 Å². The van der Waals surface area contributed by atoms with E-state index in [-0.39, 0.29) is 0 Å². The number of aryl methyl sites for hydroxylation is 4. The van der Waals surface area contributed by atoms with Gasteiger partial charge in [0.15, 0.2) is 0 Å². The summed E-state index contributed by atoms with van der Waals surface area (Å²) in [7, 11) is 9.40. The molecule has 1 saturated heterocycles. The average Bonchev–Trinajstić information content (AvgIpc) is 2.63. The van der Waals surface area contributed by atoms with E-state index in [9.17, 15) is 0 Å². The minimum absolute atomic E-state index is 0.446. The van der Waals surface area contributed by atoms with Crippen LogP contribution in [0.4, 0.5) is 11.4 Å². The van der Waals surface area contributed by atoms with Gasteiger partial charge in [-0.3, -0.25) is 0 Å². The second-order valence-electron chi connectivity index (χ2n) is 6.06. The molecule has 0 unspecified atom stereocenters. The molecule has 7 heteroatoms. The van der Waals surface area contributed by atoms with Crippen LogP contribution >= 0.6 is 20.4 Å². The van der Waals surface area contributed by atoms with E-state index in [2.05, 4.69) is 0 Å². The predicted molar refractivity (Wildman–Crippen MR) is 110 cm³/mol. The summed E-state index contributed by atoms with van der Waals surface area (Å²) in [5.74, 6) is 0.891. The van der Waals surface area contributed by atoms with Gasteiger partial charge in [0.25, 0.3) is 11.8 Å². The Morgan fingerprint density at radius 3 is 1.30 bits per heavy atom. The number of rotatable bonds is 2. The second-order valence-corrected chi connectivity index (χ2v) is 7.69. The first-order valence-corrected chi connectivity index (χ1v) is 11.1. The van der Waals surface area contributed by atoms with Crippen LogP contribution in [0.25, 0.3) is 0 Å². The van der Waals surface area contributed by atoms with Gasteiger partial charge in [-0.25, -0.2) is 9.98 Å². The Morgan fingerprint density at radius 2 is 1.00 bits per heavy atom. The molecule has 0 aliphatic carbocycles. The van der Waals surface area contributed by atoms with E-state index in [1.54, 1.807) is 0 Å². The summed E-state index contributed by atoms with van der Waals surface area (Å²) in [6, 6.07) is 12.2. The number of benzene rings is 2. The van der Waals surface area contributed by atoms with Crippen LogP contribution in [0.3, 0.4) is 0 Å². The van der Waals surface area contributed by atoms with E-state index in [1.165, 1.54) is 0 Å². The van der Waals surface area contributed by atoms with Crippen molar-refractivity contribution in [3.8, 4) is 0 Å². The van der Waals surface area contributed by atoms with Crippen LogP contribution in [0.5, 0.6) is 0 Å². The molecule has 2 aromatic carbocycles. The minimum atomic E-state index is 0.446. The van der Waals surface area contributed by atoms with Gasteiger partial charge in [-0.15, -0.1) is 0 Å².